The highest BCUT2D eigenvalue weighted by Gasteiger charge is 2.16. The summed E-state index contributed by atoms with van der Waals surface area (Å²) in [7, 11) is 2.89. The number of carbonyl (C=O) groups excluding carboxylic acids is 1. The quantitative estimate of drug-likeness (QED) is 0.565. The van der Waals surface area contributed by atoms with E-state index in [4.69, 9.17) is 32.5 Å². The van der Waals surface area contributed by atoms with E-state index in [2.05, 4.69) is 10.3 Å². The van der Waals surface area contributed by atoms with Gasteiger partial charge in [-0.15, -0.1) is 0 Å². The second kappa shape index (κ2) is 5.97. The number of nitrogens with one attached hydrogen (secondary N) is 1. The van der Waals surface area contributed by atoms with E-state index >= 15 is 0 Å². The number of hydrogen-bond acceptors (Lipinski definition) is 3. The van der Waals surface area contributed by atoms with Gasteiger partial charge in [0, 0.05) is 0 Å². The molecule has 5 N–H and O–H groups in total. The third kappa shape index (κ3) is 3.17. The summed E-state index contributed by atoms with van der Waals surface area (Å²) >= 11 is 5.96. The summed E-state index contributed by atoms with van der Waals surface area (Å²) in [4.78, 5) is 14.7. The summed E-state index contributed by atoms with van der Waals surface area (Å²) in [6, 6.07) is 2.40. The van der Waals surface area contributed by atoms with Gasteiger partial charge in [0.15, 0.2) is 17.5 Å². The number of amides is 2. The zero-order valence-electron chi connectivity index (χ0n) is 9.86. The zero-order chi connectivity index (χ0) is 13.7. The molecule has 98 valence electrons. The van der Waals surface area contributed by atoms with Crippen molar-refractivity contribution in [3.8, 4) is 11.5 Å². The van der Waals surface area contributed by atoms with Crippen molar-refractivity contribution >= 4 is 29.3 Å². The first-order chi connectivity index (χ1) is 8.49. The number of methoxy groups -OCH3 is 2. The lowest BCUT2D eigenvalue weighted by Gasteiger charge is -2.13. The number of guanidine groups is 1. The van der Waals surface area contributed by atoms with Gasteiger partial charge in [-0.25, -0.2) is 4.79 Å². The molecule has 0 heterocycles. The summed E-state index contributed by atoms with van der Waals surface area (Å²) in [6.07, 6.45) is 0. The Bertz CT molecular complexity index is 486. The van der Waals surface area contributed by atoms with Gasteiger partial charge in [0.25, 0.3) is 0 Å². The Hall–Kier alpha value is -2.15. The van der Waals surface area contributed by atoms with Crippen LogP contribution in [0, 0.1) is 0 Å². The first-order valence-electron chi connectivity index (χ1n) is 4.80. The van der Waals surface area contributed by atoms with Crippen LogP contribution in [0.25, 0.3) is 0 Å². The lowest BCUT2D eigenvalue weighted by molar-refractivity contribution is 0.259. The van der Waals surface area contributed by atoms with Crippen LogP contribution < -0.4 is 26.3 Å². The Kier molecular flexibility index (Phi) is 4.61. The van der Waals surface area contributed by atoms with Crippen LogP contribution in [-0.4, -0.2) is 26.2 Å². The van der Waals surface area contributed by atoms with Gasteiger partial charge in [-0.05, 0) is 12.1 Å². The van der Waals surface area contributed by atoms with Crippen molar-refractivity contribution < 1.29 is 14.3 Å². The fourth-order valence-corrected chi connectivity index (χ4v) is 1.47. The number of nitrogens with zero attached hydrogens (tertiary/aromatic N) is 1. The Morgan fingerprint density at radius 1 is 1.33 bits per heavy atom. The fraction of sp³-hybridized carbons (Fsp3) is 0.200. The Morgan fingerprint density at radius 3 is 2.50 bits per heavy atom. The van der Waals surface area contributed by atoms with Gasteiger partial charge in [0.2, 0.25) is 0 Å². The van der Waals surface area contributed by atoms with Crippen LogP contribution >= 0.6 is 11.6 Å². The average Bonchev–Trinajstić information content (AvgIpc) is 2.30. The van der Waals surface area contributed by atoms with E-state index in [1.165, 1.54) is 14.2 Å². The summed E-state index contributed by atoms with van der Waals surface area (Å²) in [5.74, 6) is 0.344. The Labute approximate surface area is 109 Å². The van der Waals surface area contributed by atoms with Crippen molar-refractivity contribution in [1.29, 1.82) is 0 Å². The maximum atomic E-state index is 11.4. The number of anilines is 1. The van der Waals surface area contributed by atoms with Crippen LogP contribution in [0.3, 0.4) is 0 Å². The number of urea groups is 1. The third-order valence-corrected chi connectivity index (χ3v) is 2.27. The molecule has 0 aliphatic carbocycles. The first-order valence-corrected chi connectivity index (χ1v) is 5.18. The molecule has 0 aromatic heterocycles. The summed E-state index contributed by atoms with van der Waals surface area (Å²) in [6.45, 7) is 0. The summed E-state index contributed by atoms with van der Waals surface area (Å²) in [5, 5.41) is 2.68. The van der Waals surface area contributed by atoms with Gasteiger partial charge >= 0.3 is 6.03 Å². The van der Waals surface area contributed by atoms with Crippen molar-refractivity contribution in [3.63, 3.8) is 0 Å². The standard InChI is InChI=1S/C10H13ClN4O3/c1-17-6-4-3-5(11)7(8(6)18-2)14-10(16)15-9(12)13/h3-4H,1-2H3,(H5,12,13,14,15,16). The molecule has 0 unspecified atom stereocenters. The van der Waals surface area contributed by atoms with Crippen LogP contribution in [0.1, 0.15) is 0 Å². The topological polar surface area (TPSA) is 112 Å². The third-order valence-electron chi connectivity index (χ3n) is 1.96. The molecule has 0 spiro atoms. The minimum Gasteiger partial charge on any atom is -0.493 e. The lowest BCUT2D eigenvalue weighted by Crippen LogP contribution is -2.25. The molecule has 8 heteroatoms. The van der Waals surface area contributed by atoms with E-state index in [0.717, 1.165) is 0 Å². The van der Waals surface area contributed by atoms with Crippen LogP contribution in [0.5, 0.6) is 11.5 Å². The largest absolute Gasteiger partial charge is 0.493 e. The Morgan fingerprint density at radius 2 is 2.00 bits per heavy atom. The number of halogens is 1. The monoisotopic (exact) mass is 272 g/mol. The number of benzene rings is 1. The number of aliphatic imine (C=N–C) groups is 1. The van der Waals surface area contributed by atoms with Gasteiger partial charge in [-0.3, -0.25) is 0 Å². The number of hydrogen-bond donors (Lipinski definition) is 3. The Balaban J connectivity index is 3.14. The molecule has 0 atom stereocenters. The van der Waals surface area contributed by atoms with E-state index in [1.807, 2.05) is 0 Å². The predicted molar refractivity (Wildman–Crippen MR) is 69.4 cm³/mol. The van der Waals surface area contributed by atoms with Crippen LogP contribution in [0.4, 0.5) is 10.5 Å². The molecule has 0 fully saturated rings. The molecule has 1 aromatic rings. The van der Waals surface area contributed by atoms with E-state index in [9.17, 15) is 4.79 Å². The molecular formula is C10H13ClN4O3. The van der Waals surface area contributed by atoms with Crippen molar-refractivity contribution in [1.82, 2.24) is 0 Å². The minimum atomic E-state index is -0.761. The second-order valence-corrected chi connectivity index (χ2v) is 3.53. The number of ether oxygens (including phenoxy) is 2. The van der Waals surface area contributed by atoms with Crippen molar-refractivity contribution in [2.45, 2.75) is 0 Å². The van der Waals surface area contributed by atoms with E-state index < -0.39 is 6.03 Å². The normalized spacial score (nSPS) is 9.50. The first kappa shape index (κ1) is 13.9. The van der Waals surface area contributed by atoms with Crippen molar-refractivity contribution in [3.05, 3.63) is 17.2 Å². The second-order valence-electron chi connectivity index (χ2n) is 3.12. The van der Waals surface area contributed by atoms with Crippen LogP contribution in [0.15, 0.2) is 17.1 Å². The molecule has 7 nitrogen and oxygen atoms in total. The maximum Gasteiger partial charge on any atom is 0.348 e. The molecule has 0 aliphatic rings. The molecule has 0 saturated heterocycles. The van der Waals surface area contributed by atoms with Gasteiger partial charge in [-0.1, -0.05) is 11.6 Å². The molecule has 2 amide bonds. The van der Waals surface area contributed by atoms with E-state index in [0.29, 0.717) is 5.75 Å². The van der Waals surface area contributed by atoms with Crippen LogP contribution in [-0.2, 0) is 0 Å². The van der Waals surface area contributed by atoms with E-state index in [-0.39, 0.29) is 22.4 Å². The zero-order valence-corrected chi connectivity index (χ0v) is 10.6. The van der Waals surface area contributed by atoms with Crippen molar-refractivity contribution in [2.24, 2.45) is 16.5 Å². The molecule has 18 heavy (non-hydrogen) atoms. The average molecular weight is 273 g/mol. The number of carbonyl (C=O) groups is 1. The lowest BCUT2D eigenvalue weighted by atomic mass is 10.2. The molecular weight excluding hydrogens is 260 g/mol. The number of nitrogens with two attached hydrogens (primary N) is 2. The van der Waals surface area contributed by atoms with E-state index in [1.54, 1.807) is 12.1 Å². The van der Waals surface area contributed by atoms with Crippen molar-refractivity contribution in [2.75, 3.05) is 19.5 Å². The summed E-state index contributed by atoms with van der Waals surface area (Å²) in [5.41, 5.74) is 10.4. The minimum absolute atomic E-state index is 0.230. The SMILES string of the molecule is COc1ccc(Cl)c(NC(=O)N=C(N)N)c1OC. The number of rotatable bonds is 3. The van der Waals surface area contributed by atoms with Gasteiger partial charge < -0.3 is 26.3 Å². The molecule has 1 rings (SSSR count). The summed E-state index contributed by atoms with van der Waals surface area (Å²) < 4.78 is 10.2. The maximum absolute atomic E-state index is 11.4. The highest BCUT2D eigenvalue weighted by atomic mass is 35.5. The molecule has 0 aliphatic heterocycles. The van der Waals surface area contributed by atoms with Crippen LogP contribution in [0.2, 0.25) is 5.02 Å². The van der Waals surface area contributed by atoms with Gasteiger partial charge in [0.05, 0.1) is 19.2 Å². The predicted octanol–water partition coefficient (Wildman–Crippen LogP) is 1.16. The highest BCUT2D eigenvalue weighted by Crippen LogP contribution is 2.40. The molecule has 1 aromatic carbocycles. The molecule has 0 radical (unpaired) electrons. The smallest absolute Gasteiger partial charge is 0.348 e. The molecule has 0 saturated carbocycles. The van der Waals surface area contributed by atoms with Gasteiger partial charge in [-0.2, -0.15) is 4.99 Å². The van der Waals surface area contributed by atoms with Gasteiger partial charge in [0.1, 0.15) is 5.69 Å². The highest BCUT2D eigenvalue weighted by molar-refractivity contribution is 6.34. The fourth-order valence-electron chi connectivity index (χ4n) is 1.27. The molecule has 0 bridgehead atoms.